The van der Waals surface area contributed by atoms with Gasteiger partial charge in [-0.15, -0.1) is 0 Å². The van der Waals surface area contributed by atoms with Crippen LogP contribution in [0.3, 0.4) is 0 Å². The van der Waals surface area contributed by atoms with Gasteiger partial charge in [0.15, 0.2) is 0 Å². The molecule has 7 heteroatoms. The Morgan fingerprint density at radius 1 is 1.39 bits per heavy atom. The minimum atomic E-state index is -4.23. The molecule has 1 heterocycles. The molecule has 0 aliphatic rings. The number of hydrogen-bond acceptors (Lipinski definition) is 3. The Morgan fingerprint density at radius 3 is 2.61 bits per heavy atom. The second-order valence-corrected chi connectivity index (χ2v) is 4.45. The van der Waals surface area contributed by atoms with E-state index in [9.17, 15) is 13.2 Å². The first-order chi connectivity index (χ1) is 8.43. The topological polar surface area (TPSA) is 42.7 Å². The average molecular weight is 264 g/mol. The van der Waals surface area contributed by atoms with E-state index >= 15 is 0 Å². The molecule has 0 aromatic carbocycles. The smallest absolute Gasteiger partial charge is 0.314 e. The summed E-state index contributed by atoms with van der Waals surface area (Å²) < 4.78 is 39.8. The van der Waals surface area contributed by atoms with Crippen molar-refractivity contribution in [2.75, 3.05) is 6.54 Å². The summed E-state index contributed by atoms with van der Waals surface area (Å²) in [5.74, 6) is -1.45. The zero-order chi connectivity index (χ0) is 13.6. The van der Waals surface area contributed by atoms with Crippen molar-refractivity contribution in [2.45, 2.75) is 45.5 Å². The lowest BCUT2D eigenvalue weighted by atomic mass is 10.1. The molecule has 0 aliphatic carbocycles. The Balaban J connectivity index is 2.51. The minimum Gasteiger partial charge on any atom is -0.314 e. The Morgan fingerprint density at radius 2 is 2.11 bits per heavy atom. The largest absolute Gasteiger partial charge is 0.394 e. The molecule has 18 heavy (non-hydrogen) atoms. The predicted octanol–water partition coefficient (Wildman–Crippen LogP) is 2.23. The number of nitrogens with zero attached hydrogens (tertiary/aromatic N) is 3. The first kappa shape index (κ1) is 14.9. The highest BCUT2D eigenvalue weighted by atomic mass is 19.4. The average Bonchev–Trinajstić information content (AvgIpc) is 2.75. The van der Waals surface area contributed by atoms with Crippen LogP contribution in [0.1, 0.15) is 26.7 Å². The second-order valence-electron chi connectivity index (χ2n) is 4.45. The van der Waals surface area contributed by atoms with E-state index in [0.717, 1.165) is 12.8 Å². The Labute approximate surface area is 105 Å². The normalized spacial score (nSPS) is 15.6. The molecule has 0 bridgehead atoms. The van der Waals surface area contributed by atoms with Crippen molar-refractivity contribution < 1.29 is 13.2 Å². The maximum Gasteiger partial charge on any atom is 0.394 e. The van der Waals surface area contributed by atoms with Crippen molar-refractivity contribution >= 4 is 0 Å². The molecule has 2 unspecified atom stereocenters. The lowest BCUT2D eigenvalue weighted by Gasteiger charge is -2.22. The quantitative estimate of drug-likeness (QED) is 0.821. The van der Waals surface area contributed by atoms with E-state index in [0.29, 0.717) is 0 Å². The summed E-state index contributed by atoms with van der Waals surface area (Å²) in [4.78, 5) is 3.65. The van der Waals surface area contributed by atoms with Gasteiger partial charge >= 0.3 is 6.18 Å². The van der Waals surface area contributed by atoms with Crippen LogP contribution < -0.4 is 5.32 Å². The third-order valence-corrected chi connectivity index (χ3v) is 2.77. The van der Waals surface area contributed by atoms with Crippen LogP contribution in [0.2, 0.25) is 0 Å². The van der Waals surface area contributed by atoms with Crippen LogP contribution in [0, 0.1) is 5.92 Å². The summed E-state index contributed by atoms with van der Waals surface area (Å²) in [7, 11) is 0. The van der Waals surface area contributed by atoms with Crippen molar-refractivity contribution in [1.29, 1.82) is 0 Å². The molecule has 0 radical (unpaired) electrons. The molecule has 0 saturated heterocycles. The van der Waals surface area contributed by atoms with E-state index in [-0.39, 0.29) is 19.1 Å². The van der Waals surface area contributed by atoms with Gasteiger partial charge in [-0.3, -0.25) is 4.68 Å². The summed E-state index contributed by atoms with van der Waals surface area (Å²) in [6.07, 6.45) is 0.126. The van der Waals surface area contributed by atoms with Crippen molar-refractivity contribution in [3.63, 3.8) is 0 Å². The fourth-order valence-electron chi connectivity index (χ4n) is 1.72. The Kier molecular flexibility index (Phi) is 5.58. The Hall–Kier alpha value is -1.11. The van der Waals surface area contributed by atoms with Crippen LogP contribution in [0.4, 0.5) is 13.2 Å². The second kappa shape index (κ2) is 6.72. The molecule has 104 valence electrons. The van der Waals surface area contributed by atoms with Crippen LogP contribution in [0.5, 0.6) is 0 Å². The summed E-state index contributed by atoms with van der Waals surface area (Å²) in [6.45, 7) is 3.61. The highest BCUT2D eigenvalue weighted by Gasteiger charge is 2.39. The molecule has 0 aliphatic heterocycles. The molecule has 1 rings (SSSR count). The molecule has 1 aromatic heterocycles. The van der Waals surface area contributed by atoms with Gasteiger partial charge in [-0.25, -0.2) is 4.98 Å². The van der Waals surface area contributed by atoms with Crippen LogP contribution in [-0.4, -0.2) is 33.5 Å². The third kappa shape index (κ3) is 5.03. The van der Waals surface area contributed by atoms with Gasteiger partial charge < -0.3 is 5.32 Å². The van der Waals surface area contributed by atoms with E-state index in [4.69, 9.17) is 0 Å². The highest BCUT2D eigenvalue weighted by molar-refractivity contribution is 4.73. The highest BCUT2D eigenvalue weighted by Crippen LogP contribution is 2.27. The Bertz CT molecular complexity index is 324. The van der Waals surface area contributed by atoms with Gasteiger partial charge in [-0.05, 0) is 13.3 Å². The number of halogens is 3. The van der Waals surface area contributed by atoms with E-state index in [1.807, 2.05) is 13.8 Å². The monoisotopic (exact) mass is 264 g/mol. The SMILES string of the molecule is CCCC(C)NCC(Cn1cncn1)C(F)(F)F. The van der Waals surface area contributed by atoms with Gasteiger partial charge in [0.2, 0.25) is 0 Å². The predicted molar refractivity (Wildman–Crippen MR) is 61.9 cm³/mol. The molecule has 0 fully saturated rings. The van der Waals surface area contributed by atoms with E-state index in [1.54, 1.807) is 0 Å². The van der Waals surface area contributed by atoms with Crippen LogP contribution in [-0.2, 0) is 6.54 Å². The number of aromatic nitrogens is 3. The molecule has 1 N–H and O–H groups in total. The maximum atomic E-state index is 12.8. The minimum absolute atomic E-state index is 0.0927. The molecule has 0 saturated carbocycles. The summed E-state index contributed by atoms with van der Waals surface area (Å²) in [6, 6.07) is 0.0931. The van der Waals surface area contributed by atoms with Gasteiger partial charge in [-0.1, -0.05) is 13.3 Å². The van der Waals surface area contributed by atoms with Gasteiger partial charge in [0, 0.05) is 12.6 Å². The van der Waals surface area contributed by atoms with Crippen molar-refractivity contribution in [3.8, 4) is 0 Å². The number of hydrogen-bond donors (Lipinski definition) is 1. The van der Waals surface area contributed by atoms with Crippen LogP contribution in [0.25, 0.3) is 0 Å². The number of nitrogens with one attached hydrogen (secondary N) is 1. The molecular formula is C11H19F3N4. The molecule has 1 aromatic rings. The standard InChI is InChI=1S/C11H19F3N4/c1-3-4-9(2)16-5-10(11(12,13)14)6-18-8-15-7-17-18/h7-10,16H,3-6H2,1-2H3. The van der Waals surface area contributed by atoms with E-state index in [1.165, 1.54) is 17.3 Å². The van der Waals surface area contributed by atoms with Crippen molar-refractivity contribution in [2.24, 2.45) is 5.92 Å². The van der Waals surface area contributed by atoms with E-state index in [2.05, 4.69) is 15.4 Å². The molecule has 0 amide bonds. The molecular weight excluding hydrogens is 245 g/mol. The number of rotatable bonds is 7. The first-order valence-electron chi connectivity index (χ1n) is 6.06. The van der Waals surface area contributed by atoms with Gasteiger partial charge in [0.05, 0.1) is 12.5 Å². The zero-order valence-corrected chi connectivity index (χ0v) is 10.6. The lowest BCUT2D eigenvalue weighted by Crippen LogP contribution is -2.39. The summed E-state index contributed by atoms with van der Waals surface area (Å²) >= 11 is 0. The van der Waals surface area contributed by atoms with E-state index < -0.39 is 12.1 Å². The maximum absolute atomic E-state index is 12.8. The molecule has 4 nitrogen and oxygen atoms in total. The molecule has 2 atom stereocenters. The van der Waals surface area contributed by atoms with Crippen LogP contribution in [0.15, 0.2) is 12.7 Å². The zero-order valence-electron chi connectivity index (χ0n) is 10.6. The first-order valence-corrected chi connectivity index (χ1v) is 6.06. The third-order valence-electron chi connectivity index (χ3n) is 2.77. The summed E-state index contributed by atoms with van der Waals surface area (Å²) in [5, 5.41) is 6.63. The summed E-state index contributed by atoms with van der Waals surface area (Å²) in [5.41, 5.74) is 0. The van der Waals surface area contributed by atoms with Crippen molar-refractivity contribution in [3.05, 3.63) is 12.7 Å². The fraction of sp³-hybridized carbons (Fsp3) is 0.818. The lowest BCUT2D eigenvalue weighted by molar-refractivity contribution is -0.177. The number of alkyl halides is 3. The van der Waals surface area contributed by atoms with Crippen molar-refractivity contribution in [1.82, 2.24) is 20.1 Å². The fourth-order valence-corrected chi connectivity index (χ4v) is 1.72. The van der Waals surface area contributed by atoms with Gasteiger partial charge in [0.1, 0.15) is 12.7 Å². The van der Waals surface area contributed by atoms with Gasteiger partial charge in [0.25, 0.3) is 0 Å². The molecule has 0 spiro atoms. The van der Waals surface area contributed by atoms with Gasteiger partial charge in [-0.2, -0.15) is 18.3 Å². The van der Waals surface area contributed by atoms with Crippen LogP contribution >= 0.6 is 0 Å².